The Kier molecular flexibility index (Phi) is 6.29. The maximum atomic E-state index is 4.68. The summed E-state index contributed by atoms with van der Waals surface area (Å²) in [4.78, 5) is 16.0. The predicted octanol–water partition coefficient (Wildman–Crippen LogP) is 4.66. The third-order valence-electron chi connectivity index (χ3n) is 4.88. The fraction of sp³-hybridized carbons (Fsp3) is 0.409. The van der Waals surface area contributed by atoms with Gasteiger partial charge in [-0.2, -0.15) is 0 Å². The first kappa shape index (κ1) is 18.5. The summed E-state index contributed by atoms with van der Waals surface area (Å²) in [6, 6.07) is 8.37. The maximum absolute atomic E-state index is 4.68. The number of aryl methyl sites for hydroxylation is 1. The van der Waals surface area contributed by atoms with Crippen LogP contribution in [0.3, 0.4) is 0 Å². The molecule has 0 saturated heterocycles. The molecule has 0 fully saturated rings. The summed E-state index contributed by atoms with van der Waals surface area (Å²) in [6.07, 6.45) is 9.79. The van der Waals surface area contributed by atoms with Gasteiger partial charge in [-0.25, -0.2) is 0 Å². The van der Waals surface area contributed by atoms with E-state index in [4.69, 9.17) is 0 Å². The van der Waals surface area contributed by atoms with E-state index in [0.29, 0.717) is 5.92 Å². The van der Waals surface area contributed by atoms with Crippen LogP contribution in [0, 0.1) is 6.92 Å². The third-order valence-corrected chi connectivity index (χ3v) is 4.88. The largest absolute Gasteiger partial charge is 0.291 e. The van der Waals surface area contributed by atoms with E-state index < -0.39 is 0 Å². The van der Waals surface area contributed by atoms with Crippen LogP contribution in [0.1, 0.15) is 55.1 Å². The molecule has 0 unspecified atom stereocenters. The molecular weight excluding hydrogens is 320 g/mol. The van der Waals surface area contributed by atoms with Gasteiger partial charge >= 0.3 is 0 Å². The SMILES string of the molecule is Cc1cccnc1CN(CCC1=CN=CC1)Cc1ncccc1C(C)C. The number of rotatable bonds is 8. The van der Waals surface area contributed by atoms with Gasteiger partial charge in [-0.1, -0.05) is 26.0 Å². The smallest absolute Gasteiger partial charge is 0.0578 e. The van der Waals surface area contributed by atoms with Crippen LogP contribution in [0.25, 0.3) is 0 Å². The zero-order chi connectivity index (χ0) is 18.4. The molecule has 3 rings (SSSR count). The van der Waals surface area contributed by atoms with Crippen LogP contribution in [-0.4, -0.2) is 27.6 Å². The van der Waals surface area contributed by atoms with Crippen molar-refractivity contribution in [2.24, 2.45) is 4.99 Å². The molecule has 26 heavy (non-hydrogen) atoms. The highest BCUT2D eigenvalue weighted by Gasteiger charge is 2.15. The van der Waals surface area contributed by atoms with E-state index in [9.17, 15) is 0 Å². The van der Waals surface area contributed by atoms with E-state index in [-0.39, 0.29) is 0 Å². The first-order valence-corrected chi connectivity index (χ1v) is 9.39. The number of hydrogen-bond donors (Lipinski definition) is 0. The molecular formula is C22H28N4. The highest BCUT2D eigenvalue weighted by atomic mass is 15.1. The standard InChI is InChI=1S/C22H28N4/c1-17(2)20-7-5-11-25-22(20)16-26(13-9-19-8-12-23-14-19)15-21-18(3)6-4-10-24-21/h4-7,10-12,14,17H,8-9,13,15-16H2,1-3H3. The first-order valence-electron chi connectivity index (χ1n) is 9.39. The average molecular weight is 348 g/mol. The van der Waals surface area contributed by atoms with Crippen LogP contribution < -0.4 is 0 Å². The summed E-state index contributed by atoms with van der Waals surface area (Å²) >= 11 is 0. The molecule has 0 bridgehead atoms. The van der Waals surface area contributed by atoms with Gasteiger partial charge in [-0.3, -0.25) is 19.9 Å². The monoisotopic (exact) mass is 348 g/mol. The number of aliphatic imine (C=N–C) groups is 1. The van der Waals surface area contributed by atoms with Crippen molar-refractivity contribution < 1.29 is 0 Å². The molecule has 0 N–H and O–H groups in total. The Morgan fingerprint density at radius 2 is 1.77 bits per heavy atom. The molecule has 0 radical (unpaired) electrons. The molecule has 0 atom stereocenters. The molecule has 0 aliphatic carbocycles. The van der Waals surface area contributed by atoms with Gasteiger partial charge in [0.15, 0.2) is 0 Å². The van der Waals surface area contributed by atoms with Gasteiger partial charge in [0.1, 0.15) is 0 Å². The number of nitrogens with zero attached hydrogens (tertiary/aromatic N) is 4. The van der Waals surface area contributed by atoms with E-state index in [1.54, 1.807) is 0 Å². The Balaban J connectivity index is 1.77. The molecule has 0 spiro atoms. The van der Waals surface area contributed by atoms with E-state index >= 15 is 0 Å². The predicted molar refractivity (Wildman–Crippen MR) is 107 cm³/mol. The molecule has 4 nitrogen and oxygen atoms in total. The Hall–Kier alpha value is -2.33. The van der Waals surface area contributed by atoms with Crippen molar-refractivity contribution in [2.45, 2.75) is 52.6 Å². The highest BCUT2D eigenvalue weighted by molar-refractivity contribution is 5.65. The van der Waals surface area contributed by atoms with E-state index in [0.717, 1.165) is 38.2 Å². The van der Waals surface area contributed by atoms with Crippen molar-refractivity contribution in [3.8, 4) is 0 Å². The fourth-order valence-electron chi connectivity index (χ4n) is 3.28. The second-order valence-electron chi connectivity index (χ2n) is 7.24. The molecule has 3 heterocycles. The molecule has 1 aliphatic heterocycles. The number of aromatic nitrogens is 2. The summed E-state index contributed by atoms with van der Waals surface area (Å²) < 4.78 is 0. The van der Waals surface area contributed by atoms with Gasteiger partial charge in [-0.05, 0) is 48.1 Å². The lowest BCUT2D eigenvalue weighted by Gasteiger charge is -2.24. The number of hydrogen-bond acceptors (Lipinski definition) is 4. The van der Waals surface area contributed by atoms with Gasteiger partial charge in [0.25, 0.3) is 0 Å². The van der Waals surface area contributed by atoms with Gasteiger partial charge in [0.2, 0.25) is 0 Å². The molecule has 0 saturated carbocycles. The van der Waals surface area contributed by atoms with Crippen molar-refractivity contribution in [1.82, 2.24) is 14.9 Å². The quantitative estimate of drug-likeness (QED) is 0.697. The highest BCUT2D eigenvalue weighted by Crippen LogP contribution is 2.21. The Morgan fingerprint density at radius 1 is 1.04 bits per heavy atom. The Labute approximate surface area is 156 Å². The Bertz CT molecular complexity index is 792. The zero-order valence-electron chi connectivity index (χ0n) is 16.0. The first-order chi connectivity index (χ1) is 12.6. The van der Waals surface area contributed by atoms with Crippen LogP contribution in [0.15, 0.2) is 53.4 Å². The summed E-state index contributed by atoms with van der Waals surface area (Å²) in [5.74, 6) is 0.475. The third kappa shape index (κ3) is 4.85. The summed E-state index contributed by atoms with van der Waals surface area (Å²) in [5.41, 5.74) is 6.29. The van der Waals surface area contributed by atoms with Crippen LogP contribution in [0.5, 0.6) is 0 Å². The van der Waals surface area contributed by atoms with Gasteiger partial charge in [-0.15, -0.1) is 0 Å². The van der Waals surface area contributed by atoms with E-state index in [1.165, 1.54) is 22.4 Å². The van der Waals surface area contributed by atoms with Crippen molar-refractivity contribution >= 4 is 6.21 Å². The summed E-state index contributed by atoms with van der Waals surface area (Å²) in [6.45, 7) is 9.27. The van der Waals surface area contributed by atoms with Gasteiger partial charge < -0.3 is 0 Å². The minimum atomic E-state index is 0.475. The van der Waals surface area contributed by atoms with Crippen molar-refractivity contribution in [3.05, 3.63) is 70.9 Å². The maximum Gasteiger partial charge on any atom is 0.0578 e. The lowest BCUT2D eigenvalue weighted by atomic mass is 10.0. The summed E-state index contributed by atoms with van der Waals surface area (Å²) in [7, 11) is 0. The van der Waals surface area contributed by atoms with E-state index in [2.05, 4.69) is 52.8 Å². The topological polar surface area (TPSA) is 41.4 Å². The lowest BCUT2D eigenvalue weighted by Crippen LogP contribution is -2.26. The zero-order valence-corrected chi connectivity index (χ0v) is 16.0. The minimum absolute atomic E-state index is 0.475. The lowest BCUT2D eigenvalue weighted by molar-refractivity contribution is 0.252. The van der Waals surface area contributed by atoms with Crippen LogP contribution in [-0.2, 0) is 13.1 Å². The second kappa shape index (κ2) is 8.86. The van der Waals surface area contributed by atoms with E-state index in [1.807, 2.05) is 36.9 Å². The van der Waals surface area contributed by atoms with Crippen molar-refractivity contribution in [3.63, 3.8) is 0 Å². The van der Waals surface area contributed by atoms with Crippen molar-refractivity contribution in [2.75, 3.05) is 6.54 Å². The second-order valence-corrected chi connectivity index (χ2v) is 7.24. The average Bonchev–Trinajstić information content (AvgIpc) is 3.15. The molecule has 2 aromatic heterocycles. The normalized spacial score (nSPS) is 13.7. The van der Waals surface area contributed by atoms with Gasteiger partial charge in [0.05, 0.1) is 11.4 Å². The Morgan fingerprint density at radius 3 is 2.46 bits per heavy atom. The molecule has 4 heteroatoms. The minimum Gasteiger partial charge on any atom is -0.291 e. The molecule has 0 aromatic carbocycles. The number of pyridine rings is 2. The van der Waals surface area contributed by atoms with Crippen LogP contribution in [0.2, 0.25) is 0 Å². The fourth-order valence-corrected chi connectivity index (χ4v) is 3.28. The van der Waals surface area contributed by atoms with Gasteiger partial charge in [0, 0.05) is 50.9 Å². The molecule has 1 aliphatic rings. The molecule has 0 amide bonds. The van der Waals surface area contributed by atoms with Crippen molar-refractivity contribution in [1.29, 1.82) is 0 Å². The molecule has 2 aromatic rings. The molecule has 136 valence electrons. The summed E-state index contributed by atoms with van der Waals surface area (Å²) in [5, 5.41) is 0. The van der Waals surface area contributed by atoms with Crippen LogP contribution in [0.4, 0.5) is 0 Å². The van der Waals surface area contributed by atoms with Crippen LogP contribution >= 0.6 is 0 Å².